The predicted octanol–water partition coefficient (Wildman–Crippen LogP) is 4.01. The van der Waals surface area contributed by atoms with E-state index in [1.165, 1.54) is 16.9 Å². The van der Waals surface area contributed by atoms with Crippen molar-refractivity contribution in [2.45, 2.75) is 37.2 Å². The van der Waals surface area contributed by atoms with Crippen LogP contribution in [0.5, 0.6) is 0 Å². The molecular formula is C22H18FN5O2. The maximum atomic E-state index is 13.1. The summed E-state index contributed by atoms with van der Waals surface area (Å²) in [6.45, 7) is 0. The summed E-state index contributed by atoms with van der Waals surface area (Å²) in [6, 6.07) is 13.7. The zero-order valence-electron chi connectivity index (χ0n) is 16.0. The molecule has 1 spiro atoms. The molecule has 1 saturated carbocycles. The largest absolute Gasteiger partial charge is 0.451 e. The van der Waals surface area contributed by atoms with Crippen LogP contribution >= 0.6 is 0 Å². The number of fused-ring (bicyclic) bond motifs is 3. The first-order chi connectivity index (χ1) is 14.6. The Hall–Kier alpha value is -3.55. The van der Waals surface area contributed by atoms with E-state index in [9.17, 15) is 9.18 Å². The van der Waals surface area contributed by atoms with E-state index in [0.29, 0.717) is 22.5 Å². The van der Waals surface area contributed by atoms with Crippen LogP contribution in [0.1, 0.15) is 53.3 Å². The number of H-pyrrole nitrogens is 1. The van der Waals surface area contributed by atoms with Gasteiger partial charge in [-0.25, -0.2) is 14.2 Å². The summed E-state index contributed by atoms with van der Waals surface area (Å²) in [5.41, 5.74) is 3.00. The molecular weight excluding hydrogens is 385 g/mol. The highest BCUT2D eigenvalue weighted by Crippen LogP contribution is 2.49. The van der Waals surface area contributed by atoms with Gasteiger partial charge in [0, 0.05) is 11.5 Å². The fourth-order valence-corrected chi connectivity index (χ4v) is 4.68. The zero-order valence-corrected chi connectivity index (χ0v) is 16.0. The van der Waals surface area contributed by atoms with Crippen LogP contribution in [0, 0.1) is 5.82 Å². The molecule has 0 saturated heterocycles. The number of imidazole rings is 1. The Morgan fingerprint density at radius 2 is 1.83 bits per heavy atom. The van der Waals surface area contributed by atoms with E-state index in [0.717, 1.165) is 37.1 Å². The Balaban J connectivity index is 1.23. The van der Waals surface area contributed by atoms with Gasteiger partial charge in [-0.1, -0.05) is 18.2 Å². The Morgan fingerprint density at radius 1 is 1.07 bits per heavy atom. The number of rotatable bonds is 2. The van der Waals surface area contributed by atoms with Crippen LogP contribution in [0.15, 0.2) is 48.5 Å². The summed E-state index contributed by atoms with van der Waals surface area (Å²) in [5.74, 6) is 0.568. The second-order valence-electron chi connectivity index (χ2n) is 7.96. The monoisotopic (exact) mass is 403 g/mol. The third kappa shape index (κ3) is 2.56. The van der Waals surface area contributed by atoms with Gasteiger partial charge in [-0.2, -0.15) is 0 Å². The van der Waals surface area contributed by atoms with Crippen molar-refractivity contribution in [1.29, 1.82) is 0 Å². The number of nitrogens with one attached hydrogen (secondary N) is 1. The van der Waals surface area contributed by atoms with E-state index in [-0.39, 0.29) is 17.7 Å². The minimum Gasteiger partial charge on any atom is -0.451 e. The summed E-state index contributed by atoms with van der Waals surface area (Å²) in [4.78, 5) is 21.6. The van der Waals surface area contributed by atoms with Crippen molar-refractivity contribution in [3.05, 3.63) is 71.3 Å². The lowest BCUT2D eigenvalue weighted by molar-refractivity contribution is -0.0312. The minimum atomic E-state index is -0.506. The van der Waals surface area contributed by atoms with Crippen molar-refractivity contribution in [1.82, 2.24) is 25.0 Å². The average Bonchev–Trinajstić information content (AvgIpc) is 3.41. The third-order valence-corrected chi connectivity index (χ3v) is 6.23. The molecule has 3 heterocycles. The Bertz CT molecular complexity index is 1240. The molecule has 7 nitrogen and oxygen atoms in total. The first kappa shape index (κ1) is 17.3. The maximum absolute atomic E-state index is 13.1. The van der Waals surface area contributed by atoms with Crippen molar-refractivity contribution in [3.8, 4) is 5.69 Å². The second-order valence-corrected chi connectivity index (χ2v) is 7.96. The molecule has 1 aliphatic carbocycles. The number of benzene rings is 2. The SMILES string of the molecule is O=C1O[C@]2(CC[C@H](c3nc4nn(-c5ccc(F)cc5)nc4[nH]3)CC2)c2ccccc21. The topological polar surface area (TPSA) is 85.7 Å². The van der Waals surface area contributed by atoms with Gasteiger partial charge in [-0.3, -0.25) is 0 Å². The number of carbonyl (C=O) groups excluding carboxylic acids is 1. The number of halogens is 1. The van der Waals surface area contributed by atoms with Gasteiger partial charge in [0.05, 0.1) is 11.3 Å². The Labute approximate surface area is 170 Å². The molecule has 2 aromatic carbocycles. The van der Waals surface area contributed by atoms with Gasteiger partial charge in [-0.15, -0.1) is 15.0 Å². The lowest BCUT2D eigenvalue weighted by Gasteiger charge is -2.35. The van der Waals surface area contributed by atoms with Crippen molar-refractivity contribution >= 4 is 17.3 Å². The molecule has 1 aliphatic heterocycles. The Morgan fingerprint density at radius 3 is 2.60 bits per heavy atom. The van der Waals surface area contributed by atoms with E-state index < -0.39 is 5.60 Å². The highest BCUT2D eigenvalue weighted by Gasteiger charge is 2.47. The summed E-state index contributed by atoms with van der Waals surface area (Å²) < 4.78 is 19.0. The van der Waals surface area contributed by atoms with Crippen molar-refractivity contribution < 1.29 is 13.9 Å². The van der Waals surface area contributed by atoms with Crippen molar-refractivity contribution in [2.75, 3.05) is 0 Å². The van der Waals surface area contributed by atoms with Crippen LogP contribution in [-0.2, 0) is 10.3 Å². The molecule has 0 bridgehead atoms. The molecule has 2 aromatic heterocycles. The number of aromatic amines is 1. The molecule has 0 amide bonds. The summed E-state index contributed by atoms with van der Waals surface area (Å²) >= 11 is 0. The standard InChI is InChI=1S/C22H18FN5O2/c23-14-5-7-15(8-6-14)28-26-19-20(27-28)25-18(24-19)13-9-11-22(12-10-13)17-4-2-1-3-16(17)21(29)30-22/h1-8,13H,9-12H2,(H,24,25,26,27)/t13-,22-. The zero-order chi connectivity index (χ0) is 20.3. The fourth-order valence-electron chi connectivity index (χ4n) is 4.68. The number of ether oxygens (including phenoxy) is 1. The fraction of sp³-hybridized carbons (Fsp3) is 0.273. The van der Waals surface area contributed by atoms with Crippen LogP contribution < -0.4 is 0 Å². The summed E-state index contributed by atoms with van der Waals surface area (Å²) in [6.07, 6.45) is 3.24. The number of esters is 1. The van der Waals surface area contributed by atoms with Gasteiger partial charge in [-0.05, 0) is 56.0 Å². The van der Waals surface area contributed by atoms with Crippen LogP contribution in [0.4, 0.5) is 4.39 Å². The normalized spacial score (nSPS) is 23.1. The quantitative estimate of drug-likeness (QED) is 0.511. The molecule has 2 aliphatic rings. The number of hydrogen-bond donors (Lipinski definition) is 1. The number of nitrogens with zero attached hydrogens (tertiary/aromatic N) is 4. The van der Waals surface area contributed by atoms with Crippen LogP contribution in [0.3, 0.4) is 0 Å². The van der Waals surface area contributed by atoms with E-state index in [4.69, 9.17) is 4.74 Å². The van der Waals surface area contributed by atoms with Crippen molar-refractivity contribution in [2.24, 2.45) is 0 Å². The maximum Gasteiger partial charge on any atom is 0.339 e. The van der Waals surface area contributed by atoms with E-state index in [1.807, 2.05) is 24.3 Å². The van der Waals surface area contributed by atoms with Gasteiger partial charge in [0.1, 0.15) is 17.2 Å². The lowest BCUT2D eigenvalue weighted by Crippen LogP contribution is -2.31. The smallest absolute Gasteiger partial charge is 0.339 e. The third-order valence-electron chi connectivity index (χ3n) is 6.23. The first-order valence-electron chi connectivity index (χ1n) is 10.0. The van der Waals surface area contributed by atoms with E-state index >= 15 is 0 Å². The molecule has 8 heteroatoms. The number of hydrogen-bond acceptors (Lipinski definition) is 5. The molecule has 4 aromatic rings. The van der Waals surface area contributed by atoms with Crippen molar-refractivity contribution in [3.63, 3.8) is 0 Å². The van der Waals surface area contributed by atoms with Gasteiger partial charge in [0.2, 0.25) is 11.3 Å². The molecule has 0 unspecified atom stereocenters. The summed E-state index contributed by atoms with van der Waals surface area (Å²) in [5, 5.41) is 8.84. The van der Waals surface area contributed by atoms with Gasteiger partial charge < -0.3 is 9.72 Å². The molecule has 1 N–H and O–H groups in total. The number of carbonyl (C=O) groups is 1. The predicted molar refractivity (Wildman–Crippen MR) is 106 cm³/mol. The van der Waals surface area contributed by atoms with Gasteiger partial charge in [0.15, 0.2) is 0 Å². The highest BCUT2D eigenvalue weighted by molar-refractivity contribution is 5.94. The lowest BCUT2D eigenvalue weighted by atomic mass is 9.75. The van der Waals surface area contributed by atoms with Gasteiger partial charge >= 0.3 is 5.97 Å². The summed E-state index contributed by atoms with van der Waals surface area (Å²) in [7, 11) is 0. The van der Waals surface area contributed by atoms with Crippen LogP contribution in [-0.4, -0.2) is 30.9 Å². The van der Waals surface area contributed by atoms with Crippen LogP contribution in [0.2, 0.25) is 0 Å². The molecule has 30 heavy (non-hydrogen) atoms. The molecule has 1 fully saturated rings. The Kier molecular flexibility index (Phi) is 3.59. The second kappa shape index (κ2) is 6.22. The molecule has 6 rings (SSSR count). The van der Waals surface area contributed by atoms with Gasteiger partial charge in [0.25, 0.3) is 0 Å². The minimum absolute atomic E-state index is 0.223. The number of aromatic nitrogens is 5. The highest BCUT2D eigenvalue weighted by atomic mass is 19.1. The van der Waals surface area contributed by atoms with E-state index in [1.54, 1.807) is 12.1 Å². The van der Waals surface area contributed by atoms with E-state index in [2.05, 4.69) is 20.2 Å². The molecule has 0 atom stereocenters. The average molecular weight is 403 g/mol. The molecule has 150 valence electrons. The van der Waals surface area contributed by atoms with Crippen LogP contribution in [0.25, 0.3) is 17.0 Å². The first-order valence-corrected chi connectivity index (χ1v) is 10.0. The molecule has 0 radical (unpaired) electrons.